The Hall–Kier alpha value is -1.55. The monoisotopic (exact) mass is 307 g/mol. The van der Waals surface area contributed by atoms with Crippen molar-refractivity contribution in [2.45, 2.75) is 59.7 Å². The van der Waals surface area contributed by atoms with Gasteiger partial charge in [0.2, 0.25) is 0 Å². The van der Waals surface area contributed by atoms with Gasteiger partial charge in [-0.25, -0.2) is 0 Å². The summed E-state index contributed by atoms with van der Waals surface area (Å²) in [5, 5.41) is 2.93. The molecule has 1 amide bonds. The highest BCUT2D eigenvalue weighted by molar-refractivity contribution is 5.97. The van der Waals surface area contributed by atoms with Crippen molar-refractivity contribution in [1.82, 2.24) is 0 Å². The molecule has 0 aliphatic rings. The minimum atomic E-state index is -0.810. The predicted octanol–water partition coefficient (Wildman–Crippen LogP) is 4.25. The summed E-state index contributed by atoms with van der Waals surface area (Å²) < 4.78 is 11.3. The molecule has 0 saturated carbocycles. The Bertz CT molecular complexity index is 468. The van der Waals surface area contributed by atoms with E-state index < -0.39 is 5.60 Å². The van der Waals surface area contributed by atoms with Crippen molar-refractivity contribution in [3.05, 3.63) is 24.3 Å². The molecule has 0 fully saturated rings. The second-order valence-corrected chi connectivity index (χ2v) is 6.41. The summed E-state index contributed by atoms with van der Waals surface area (Å²) in [5.74, 6) is 1.06. The van der Waals surface area contributed by atoms with Crippen LogP contribution >= 0.6 is 0 Å². The molecule has 1 atom stereocenters. The van der Waals surface area contributed by atoms with Crippen LogP contribution in [0.25, 0.3) is 0 Å². The second kappa shape index (κ2) is 8.18. The Morgan fingerprint density at radius 2 is 1.77 bits per heavy atom. The molecule has 1 aromatic carbocycles. The lowest BCUT2D eigenvalue weighted by Crippen LogP contribution is -2.43. The number of carbonyl (C=O) groups is 1. The zero-order chi connectivity index (χ0) is 16.8. The molecule has 1 rings (SSSR count). The van der Waals surface area contributed by atoms with E-state index in [1.54, 1.807) is 0 Å². The number of benzene rings is 1. The van der Waals surface area contributed by atoms with E-state index in [1.165, 1.54) is 0 Å². The summed E-state index contributed by atoms with van der Waals surface area (Å²) in [6.45, 7) is 12.4. The maximum absolute atomic E-state index is 12.6. The summed E-state index contributed by atoms with van der Waals surface area (Å²) in [5.41, 5.74) is -0.0634. The van der Waals surface area contributed by atoms with Gasteiger partial charge < -0.3 is 14.8 Å². The highest BCUT2D eigenvalue weighted by atomic mass is 16.5. The van der Waals surface area contributed by atoms with E-state index in [0.29, 0.717) is 18.9 Å². The van der Waals surface area contributed by atoms with Crippen molar-refractivity contribution in [1.29, 1.82) is 0 Å². The molecule has 4 nitrogen and oxygen atoms in total. The first-order chi connectivity index (χ1) is 10.3. The quantitative estimate of drug-likeness (QED) is 0.781. The van der Waals surface area contributed by atoms with Gasteiger partial charge in [0.15, 0.2) is 0 Å². The third-order valence-corrected chi connectivity index (χ3v) is 3.22. The number of hydrogen-bond donors (Lipinski definition) is 1. The molecule has 22 heavy (non-hydrogen) atoms. The molecule has 0 radical (unpaired) electrons. The predicted molar refractivity (Wildman–Crippen MR) is 90.3 cm³/mol. The minimum absolute atomic E-state index is 0.111. The van der Waals surface area contributed by atoms with Crippen LogP contribution in [0.5, 0.6) is 5.75 Å². The maximum atomic E-state index is 12.6. The van der Waals surface area contributed by atoms with Crippen molar-refractivity contribution < 1.29 is 14.3 Å². The van der Waals surface area contributed by atoms with E-state index in [1.807, 2.05) is 52.0 Å². The Morgan fingerprint density at radius 3 is 2.23 bits per heavy atom. The molecule has 0 spiro atoms. The van der Waals surface area contributed by atoms with Gasteiger partial charge in [-0.1, -0.05) is 13.8 Å². The van der Waals surface area contributed by atoms with Gasteiger partial charge in [-0.2, -0.15) is 0 Å². The van der Waals surface area contributed by atoms with Crippen molar-refractivity contribution in [2.24, 2.45) is 5.92 Å². The molecular weight excluding hydrogens is 278 g/mol. The molecule has 0 bridgehead atoms. The molecule has 1 aromatic rings. The summed E-state index contributed by atoms with van der Waals surface area (Å²) in [6, 6.07) is 7.40. The first-order valence-corrected chi connectivity index (χ1v) is 7.99. The number of nitrogens with one attached hydrogen (secondary N) is 1. The molecule has 0 heterocycles. The Kier molecular flexibility index (Phi) is 6.88. The molecule has 0 aliphatic carbocycles. The minimum Gasteiger partial charge on any atom is -0.491 e. The molecular formula is C18H29NO3. The number of anilines is 1. The van der Waals surface area contributed by atoms with Gasteiger partial charge in [-0.15, -0.1) is 0 Å². The molecule has 4 heteroatoms. The van der Waals surface area contributed by atoms with Gasteiger partial charge in [0.05, 0.1) is 6.10 Å². The third kappa shape index (κ3) is 5.68. The largest absolute Gasteiger partial charge is 0.491 e. The Balaban J connectivity index is 2.76. The van der Waals surface area contributed by atoms with Crippen molar-refractivity contribution in [3.8, 4) is 5.75 Å². The van der Waals surface area contributed by atoms with E-state index in [2.05, 4.69) is 19.2 Å². The summed E-state index contributed by atoms with van der Waals surface area (Å²) in [6.07, 6.45) is 0.814. The standard InChI is InChI=1S/C18H29NO3/c1-7-21-18(6,12-13(2)3)17(20)19-15-8-10-16(11-9-15)22-14(4)5/h8-11,13-14H,7,12H2,1-6H3,(H,19,20). The molecule has 124 valence electrons. The number of ether oxygens (including phenoxy) is 2. The van der Waals surface area contributed by atoms with Gasteiger partial charge in [0.25, 0.3) is 5.91 Å². The van der Waals surface area contributed by atoms with E-state index in [-0.39, 0.29) is 12.0 Å². The van der Waals surface area contributed by atoms with Crippen LogP contribution in [0, 0.1) is 5.92 Å². The second-order valence-electron chi connectivity index (χ2n) is 6.41. The van der Waals surface area contributed by atoms with E-state index >= 15 is 0 Å². The van der Waals surface area contributed by atoms with Gasteiger partial charge in [0.1, 0.15) is 11.4 Å². The highest BCUT2D eigenvalue weighted by Gasteiger charge is 2.34. The maximum Gasteiger partial charge on any atom is 0.256 e. The fourth-order valence-electron chi connectivity index (χ4n) is 2.47. The van der Waals surface area contributed by atoms with Crippen molar-refractivity contribution in [3.63, 3.8) is 0 Å². The average molecular weight is 307 g/mol. The normalized spacial score (nSPS) is 14.0. The third-order valence-electron chi connectivity index (χ3n) is 3.22. The summed E-state index contributed by atoms with van der Waals surface area (Å²) in [4.78, 5) is 12.6. The lowest BCUT2D eigenvalue weighted by atomic mass is 9.93. The van der Waals surface area contributed by atoms with Gasteiger partial charge in [0, 0.05) is 12.3 Å². The van der Waals surface area contributed by atoms with Crippen LogP contribution in [0.15, 0.2) is 24.3 Å². The fraction of sp³-hybridized carbons (Fsp3) is 0.611. The topological polar surface area (TPSA) is 47.6 Å². The zero-order valence-electron chi connectivity index (χ0n) is 14.6. The highest BCUT2D eigenvalue weighted by Crippen LogP contribution is 2.24. The summed E-state index contributed by atoms with van der Waals surface area (Å²) in [7, 11) is 0. The fourth-order valence-corrected chi connectivity index (χ4v) is 2.47. The number of rotatable bonds is 8. The zero-order valence-corrected chi connectivity index (χ0v) is 14.6. The van der Waals surface area contributed by atoms with Crippen molar-refractivity contribution >= 4 is 11.6 Å². The van der Waals surface area contributed by atoms with Crippen LogP contribution in [0.3, 0.4) is 0 Å². The molecule has 0 saturated heterocycles. The molecule has 0 aromatic heterocycles. The van der Waals surface area contributed by atoms with E-state index in [0.717, 1.165) is 11.4 Å². The molecule has 0 aliphatic heterocycles. The first kappa shape index (κ1) is 18.5. The molecule has 1 N–H and O–H groups in total. The van der Waals surface area contributed by atoms with Gasteiger partial charge in [-0.3, -0.25) is 4.79 Å². The van der Waals surface area contributed by atoms with E-state index in [4.69, 9.17) is 9.47 Å². The lowest BCUT2D eigenvalue weighted by Gasteiger charge is -2.29. The van der Waals surface area contributed by atoms with Crippen LogP contribution in [0.4, 0.5) is 5.69 Å². The average Bonchev–Trinajstić information content (AvgIpc) is 2.39. The Morgan fingerprint density at radius 1 is 1.18 bits per heavy atom. The van der Waals surface area contributed by atoms with Crippen LogP contribution in [0.1, 0.15) is 48.0 Å². The van der Waals surface area contributed by atoms with Crippen LogP contribution in [-0.4, -0.2) is 24.2 Å². The smallest absolute Gasteiger partial charge is 0.256 e. The lowest BCUT2D eigenvalue weighted by molar-refractivity contribution is -0.140. The Labute approximate surface area is 134 Å². The van der Waals surface area contributed by atoms with E-state index in [9.17, 15) is 4.79 Å². The number of amides is 1. The first-order valence-electron chi connectivity index (χ1n) is 7.99. The molecule has 1 unspecified atom stereocenters. The van der Waals surface area contributed by atoms with Crippen LogP contribution < -0.4 is 10.1 Å². The SMILES string of the molecule is CCOC(C)(CC(C)C)C(=O)Nc1ccc(OC(C)C)cc1. The van der Waals surface area contributed by atoms with Gasteiger partial charge >= 0.3 is 0 Å². The summed E-state index contributed by atoms with van der Waals surface area (Å²) >= 11 is 0. The van der Waals surface area contributed by atoms with Crippen LogP contribution in [-0.2, 0) is 9.53 Å². The van der Waals surface area contributed by atoms with Crippen LogP contribution in [0.2, 0.25) is 0 Å². The number of carbonyl (C=O) groups excluding carboxylic acids is 1. The van der Waals surface area contributed by atoms with Gasteiger partial charge in [-0.05, 0) is 64.3 Å². The number of hydrogen-bond acceptors (Lipinski definition) is 3. The van der Waals surface area contributed by atoms with Crippen molar-refractivity contribution in [2.75, 3.05) is 11.9 Å².